The average molecular weight is 683 g/mol. The predicted molar refractivity (Wildman–Crippen MR) is 198 cm³/mol. The molecule has 0 saturated heterocycles. The van der Waals surface area contributed by atoms with E-state index in [1.54, 1.807) is 26.0 Å². The van der Waals surface area contributed by atoms with Crippen molar-refractivity contribution in [1.29, 1.82) is 0 Å². The van der Waals surface area contributed by atoms with Crippen LogP contribution < -0.4 is 10.1 Å². The Morgan fingerprint density at radius 3 is 2.23 bits per heavy atom. The highest BCUT2D eigenvalue weighted by atomic mass is 35.5. The van der Waals surface area contributed by atoms with Crippen LogP contribution >= 0.6 is 23.2 Å². The van der Waals surface area contributed by atoms with Crippen LogP contribution in [0.2, 0.25) is 10.0 Å². The van der Waals surface area contributed by atoms with Gasteiger partial charge >= 0.3 is 5.97 Å². The van der Waals surface area contributed by atoms with E-state index in [2.05, 4.69) is 64.2 Å². The number of hydrogen-bond acceptors (Lipinski definition) is 4. The van der Waals surface area contributed by atoms with Gasteiger partial charge in [0.25, 0.3) is 0 Å². The van der Waals surface area contributed by atoms with Gasteiger partial charge in [0.05, 0.1) is 7.11 Å². The lowest BCUT2D eigenvalue weighted by molar-refractivity contribution is -0.156. The van der Waals surface area contributed by atoms with Crippen LogP contribution in [0.5, 0.6) is 5.75 Å². The fourth-order valence-electron chi connectivity index (χ4n) is 6.34. The number of methoxy groups -OCH3 is 1. The van der Waals surface area contributed by atoms with Crippen molar-refractivity contribution < 1.29 is 19.1 Å². The van der Waals surface area contributed by atoms with Crippen molar-refractivity contribution in [3.8, 4) is 5.75 Å². The summed E-state index contributed by atoms with van der Waals surface area (Å²) in [5.74, 6) is -0.262. The maximum absolute atomic E-state index is 12.7. The van der Waals surface area contributed by atoms with Crippen LogP contribution in [0.1, 0.15) is 120 Å². The summed E-state index contributed by atoms with van der Waals surface area (Å²) >= 11 is 13.2. The Balaban J connectivity index is 0.00000376. The molecule has 0 aliphatic heterocycles. The molecule has 5 nitrogen and oxygen atoms in total. The molecular weight excluding hydrogens is 629 g/mol. The number of carbonyl (C=O) groups excluding carboxylic acids is 2. The second-order valence-electron chi connectivity index (χ2n) is 12.3. The van der Waals surface area contributed by atoms with E-state index in [9.17, 15) is 9.59 Å². The summed E-state index contributed by atoms with van der Waals surface area (Å²) in [6, 6.07) is 17.9. The lowest BCUT2D eigenvalue weighted by Crippen LogP contribution is -2.39. The summed E-state index contributed by atoms with van der Waals surface area (Å²) < 4.78 is 11.5. The van der Waals surface area contributed by atoms with Gasteiger partial charge in [0.1, 0.15) is 5.75 Å². The third kappa shape index (κ3) is 10.6. The highest BCUT2D eigenvalue weighted by molar-refractivity contribution is 6.31. The number of carbonyl (C=O) groups is 2. The van der Waals surface area contributed by atoms with Crippen LogP contribution in [0, 0.1) is 6.92 Å². The first-order valence-corrected chi connectivity index (χ1v) is 17.4. The van der Waals surface area contributed by atoms with Crippen molar-refractivity contribution in [2.45, 2.75) is 111 Å². The van der Waals surface area contributed by atoms with Crippen molar-refractivity contribution in [2.75, 3.05) is 12.4 Å². The third-order valence-corrected chi connectivity index (χ3v) is 8.85. The molecule has 1 N–H and O–H groups in total. The first-order chi connectivity index (χ1) is 22.4. The molecule has 0 bridgehead atoms. The Bertz CT molecular complexity index is 1510. The van der Waals surface area contributed by atoms with Crippen molar-refractivity contribution in [3.05, 3.63) is 104 Å². The van der Waals surface area contributed by atoms with Gasteiger partial charge < -0.3 is 14.8 Å². The number of aryl methyl sites for hydroxylation is 2. The molecule has 3 aromatic carbocycles. The second kappa shape index (κ2) is 18.9. The number of anilines is 1. The highest BCUT2D eigenvalue weighted by Gasteiger charge is 2.37. The summed E-state index contributed by atoms with van der Waals surface area (Å²) in [4.78, 5) is 24.6. The summed E-state index contributed by atoms with van der Waals surface area (Å²) in [5, 5.41) is 4.02. The van der Waals surface area contributed by atoms with Crippen molar-refractivity contribution in [1.82, 2.24) is 0 Å². The minimum Gasteiger partial charge on any atom is -0.476 e. The van der Waals surface area contributed by atoms with Crippen LogP contribution in [-0.2, 0) is 20.7 Å². The normalized spacial score (nSPS) is 13.5. The molecule has 47 heavy (non-hydrogen) atoms. The molecule has 0 heterocycles. The van der Waals surface area contributed by atoms with Gasteiger partial charge in [-0.15, -0.1) is 0 Å². The fourth-order valence-corrected chi connectivity index (χ4v) is 6.70. The number of nitrogens with one attached hydrogen (secondary N) is 1. The molecule has 256 valence electrons. The summed E-state index contributed by atoms with van der Waals surface area (Å²) in [6.07, 6.45) is 6.48. The average Bonchev–Trinajstić information content (AvgIpc) is 3.04. The van der Waals surface area contributed by atoms with E-state index in [0.29, 0.717) is 34.3 Å². The van der Waals surface area contributed by atoms with Gasteiger partial charge in [0, 0.05) is 15.7 Å². The lowest BCUT2D eigenvalue weighted by Gasteiger charge is -2.37. The zero-order valence-corrected chi connectivity index (χ0v) is 31.3. The smallest absolute Gasteiger partial charge is 0.349 e. The maximum Gasteiger partial charge on any atom is 0.349 e. The van der Waals surface area contributed by atoms with Crippen LogP contribution in [0.4, 0.5) is 5.69 Å². The van der Waals surface area contributed by atoms with E-state index in [0.717, 1.165) is 30.4 Å². The Hall–Kier alpha value is -3.28. The Labute approximate surface area is 293 Å². The fraction of sp³-hybridized carbons (Fsp3) is 0.450. The van der Waals surface area contributed by atoms with Crippen LogP contribution in [0.15, 0.2) is 66.2 Å². The van der Waals surface area contributed by atoms with Crippen LogP contribution in [-0.4, -0.2) is 25.1 Å². The number of halogens is 2. The summed E-state index contributed by atoms with van der Waals surface area (Å²) in [6.45, 7) is 18.2. The molecule has 0 aliphatic rings. The van der Waals surface area contributed by atoms with E-state index < -0.39 is 11.6 Å². The van der Waals surface area contributed by atoms with Gasteiger partial charge in [0.15, 0.2) is 5.60 Å². The number of benzene rings is 3. The molecule has 3 rings (SSSR count). The van der Waals surface area contributed by atoms with Gasteiger partial charge in [-0.3, -0.25) is 4.79 Å². The van der Waals surface area contributed by atoms with Gasteiger partial charge in [-0.25, -0.2) is 4.79 Å². The largest absolute Gasteiger partial charge is 0.476 e. The van der Waals surface area contributed by atoms with E-state index in [1.807, 2.05) is 38.1 Å². The maximum atomic E-state index is 12.7. The topological polar surface area (TPSA) is 64.6 Å². The minimum absolute atomic E-state index is 0.000275. The van der Waals surface area contributed by atoms with Crippen molar-refractivity contribution in [3.63, 3.8) is 0 Å². The first kappa shape index (κ1) is 39.9. The summed E-state index contributed by atoms with van der Waals surface area (Å²) in [5.41, 5.74) is 6.20. The minimum atomic E-state index is -1.24. The molecule has 0 spiro atoms. The van der Waals surface area contributed by atoms with Crippen molar-refractivity contribution >= 4 is 41.3 Å². The molecule has 3 atom stereocenters. The van der Waals surface area contributed by atoms with Gasteiger partial charge in [0.2, 0.25) is 6.41 Å². The number of rotatable bonds is 15. The monoisotopic (exact) mass is 681 g/mol. The number of esters is 1. The van der Waals surface area contributed by atoms with Crippen LogP contribution in [0.3, 0.4) is 0 Å². The van der Waals surface area contributed by atoms with Crippen molar-refractivity contribution in [2.24, 2.45) is 0 Å². The van der Waals surface area contributed by atoms with Gasteiger partial charge in [-0.2, -0.15) is 0 Å². The lowest BCUT2D eigenvalue weighted by atomic mass is 9.68. The summed E-state index contributed by atoms with van der Waals surface area (Å²) in [7, 11) is 1.35. The molecule has 0 radical (unpaired) electrons. The van der Waals surface area contributed by atoms with E-state index in [1.165, 1.54) is 29.4 Å². The number of ether oxygens (including phenoxy) is 2. The Morgan fingerprint density at radius 1 is 0.957 bits per heavy atom. The Kier molecular flexibility index (Phi) is 16.0. The molecule has 3 aromatic rings. The van der Waals surface area contributed by atoms with Gasteiger partial charge in [-0.1, -0.05) is 106 Å². The molecule has 7 heteroatoms. The molecule has 0 saturated carbocycles. The van der Waals surface area contributed by atoms with Gasteiger partial charge in [-0.05, 0) is 117 Å². The molecule has 3 unspecified atom stereocenters. The number of allylic oxidation sites excluding steroid dienone is 2. The zero-order chi connectivity index (χ0) is 35.3. The first-order valence-electron chi connectivity index (χ1n) is 16.7. The molecule has 1 amide bonds. The standard InChI is InChI=1S/C38H47Cl2NO4.C2H6/c1-9-11-24(3)20-33(32-21-28(39)16-18-35(32)45-38(6,7)37(43)44-8)36(30-17-15-29(40)22-34(30)41-23-42)26(5)31-19-25(4)13-14-27(31)12-10-2;1-2/h11,13-19,21-23,26,33,36H,9-10,12,20H2,1-8H3,(H,41,42);1-2H3/b24-11-;. The van der Waals surface area contributed by atoms with Crippen LogP contribution in [0.25, 0.3) is 0 Å². The van der Waals surface area contributed by atoms with E-state index >= 15 is 0 Å². The molecule has 0 fully saturated rings. The van der Waals surface area contributed by atoms with E-state index in [4.69, 9.17) is 32.7 Å². The third-order valence-electron chi connectivity index (χ3n) is 8.38. The molecule has 0 aliphatic carbocycles. The predicted octanol–water partition coefficient (Wildman–Crippen LogP) is 11.6. The quantitative estimate of drug-likeness (QED) is 0.0984. The number of amides is 1. The van der Waals surface area contributed by atoms with E-state index in [-0.39, 0.29) is 17.8 Å². The molecule has 0 aromatic heterocycles. The SMILES string of the molecule is CC.CC/C=C(/C)CC(c1cc(Cl)ccc1OC(C)(C)C(=O)OC)C(c1ccc(Cl)cc1NC=O)C(C)c1cc(C)ccc1CCC. The highest BCUT2D eigenvalue weighted by Crippen LogP contribution is 2.52. The number of hydrogen-bond donors (Lipinski definition) is 1. The zero-order valence-electron chi connectivity index (χ0n) is 29.8. The second-order valence-corrected chi connectivity index (χ2v) is 13.2. The molecular formula is C40H53Cl2NO4. The Morgan fingerprint density at radius 2 is 1.62 bits per heavy atom.